The molecule has 1 aromatic heterocycles. The van der Waals surface area contributed by atoms with Crippen molar-refractivity contribution in [1.82, 2.24) is 4.98 Å². The lowest BCUT2D eigenvalue weighted by molar-refractivity contribution is -0.207. The first-order valence-corrected chi connectivity index (χ1v) is 5.25. The highest BCUT2D eigenvalue weighted by Crippen LogP contribution is 2.23. The van der Waals surface area contributed by atoms with E-state index in [1.165, 1.54) is 14.2 Å². The fourth-order valence-electron chi connectivity index (χ4n) is 1.62. The van der Waals surface area contributed by atoms with Gasteiger partial charge in [0.1, 0.15) is 5.60 Å². The zero-order valence-corrected chi connectivity index (χ0v) is 10.4. The van der Waals surface area contributed by atoms with Crippen LogP contribution in [0.4, 0.5) is 0 Å². The second kappa shape index (κ2) is 5.59. The number of hydrogen-bond donors (Lipinski definition) is 1. The lowest BCUT2D eigenvalue weighted by Crippen LogP contribution is -2.43. The standard InChI is InChI=1S/C11H16ClNO3/c1-11(14,10(15-2)16-3)6-8-4-5-13-7-9(8)12/h4-5,7,10,14H,6H2,1-3H3. The summed E-state index contributed by atoms with van der Waals surface area (Å²) in [5, 5.41) is 10.7. The summed E-state index contributed by atoms with van der Waals surface area (Å²) in [4.78, 5) is 3.88. The second-order valence-corrected chi connectivity index (χ2v) is 4.21. The van der Waals surface area contributed by atoms with Crippen molar-refractivity contribution in [2.24, 2.45) is 0 Å². The van der Waals surface area contributed by atoms with Gasteiger partial charge in [-0.05, 0) is 18.6 Å². The molecule has 0 saturated carbocycles. The molecule has 1 heterocycles. The third kappa shape index (κ3) is 3.15. The lowest BCUT2D eigenvalue weighted by Gasteiger charge is -2.30. The summed E-state index contributed by atoms with van der Waals surface area (Å²) >= 11 is 5.97. The van der Waals surface area contributed by atoms with E-state index in [0.29, 0.717) is 11.4 Å². The topological polar surface area (TPSA) is 51.6 Å². The van der Waals surface area contributed by atoms with Gasteiger partial charge < -0.3 is 14.6 Å². The molecule has 0 radical (unpaired) electrons. The number of rotatable bonds is 5. The highest BCUT2D eigenvalue weighted by atomic mass is 35.5. The smallest absolute Gasteiger partial charge is 0.185 e. The summed E-state index contributed by atoms with van der Waals surface area (Å²) in [6.07, 6.45) is 2.81. The van der Waals surface area contributed by atoms with Gasteiger partial charge in [0, 0.05) is 33.0 Å². The van der Waals surface area contributed by atoms with Crippen LogP contribution in [0.1, 0.15) is 12.5 Å². The Kier molecular flexibility index (Phi) is 4.68. The minimum absolute atomic E-state index is 0.334. The molecule has 1 N–H and O–H groups in total. The van der Waals surface area contributed by atoms with Gasteiger partial charge >= 0.3 is 0 Å². The van der Waals surface area contributed by atoms with Gasteiger partial charge in [0.05, 0.1) is 5.02 Å². The van der Waals surface area contributed by atoms with E-state index in [-0.39, 0.29) is 0 Å². The molecule has 0 aliphatic heterocycles. The maximum Gasteiger partial charge on any atom is 0.185 e. The van der Waals surface area contributed by atoms with Crippen LogP contribution < -0.4 is 0 Å². The predicted octanol–water partition coefficient (Wildman–Crippen LogP) is 1.65. The molecule has 1 rings (SSSR count). The Morgan fingerprint density at radius 2 is 2.12 bits per heavy atom. The maximum absolute atomic E-state index is 10.2. The summed E-state index contributed by atoms with van der Waals surface area (Å²) in [6, 6.07) is 1.76. The number of pyridine rings is 1. The van der Waals surface area contributed by atoms with Gasteiger partial charge in [0.25, 0.3) is 0 Å². The third-order valence-corrected chi connectivity index (χ3v) is 2.68. The Morgan fingerprint density at radius 1 is 1.50 bits per heavy atom. The fraction of sp³-hybridized carbons (Fsp3) is 0.545. The van der Waals surface area contributed by atoms with Gasteiger partial charge in [-0.15, -0.1) is 0 Å². The van der Waals surface area contributed by atoms with E-state index >= 15 is 0 Å². The van der Waals surface area contributed by atoms with E-state index < -0.39 is 11.9 Å². The summed E-state index contributed by atoms with van der Waals surface area (Å²) < 4.78 is 10.1. The Bertz CT molecular complexity index is 340. The average Bonchev–Trinajstić information content (AvgIpc) is 2.22. The SMILES string of the molecule is COC(OC)C(C)(O)Cc1ccncc1Cl. The molecule has 90 valence electrons. The number of aromatic nitrogens is 1. The molecular formula is C11H16ClNO3. The molecule has 1 atom stereocenters. The van der Waals surface area contributed by atoms with Gasteiger partial charge in [-0.25, -0.2) is 0 Å². The van der Waals surface area contributed by atoms with Crippen molar-refractivity contribution in [1.29, 1.82) is 0 Å². The molecule has 0 aliphatic carbocycles. The molecule has 0 aliphatic rings. The normalized spacial score (nSPS) is 15.1. The summed E-state index contributed by atoms with van der Waals surface area (Å²) in [7, 11) is 2.97. The van der Waals surface area contributed by atoms with Crippen LogP contribution in [0.5, 0.6) is 0 Å². The predicted molar refractivity (Wildman–Crippen MR) is 61.4 cm³/mol. The summed E-state index contributed by atoms with van der Waals surface area (Å²) in [6.45, 7) is 1.64. The molecule has 0 amide bonds. The van der Waals surface area contributed by atoms with Gasteiger partial charge in [0.15, 0.2) is 6.29 Å². The van der Waals surface area contributed by atoms with Crippen molar-refractivity contribution in [3.05, 3.63) is 29.0 Å². The van der Waals surface area contributed by atoms with Crippen LogP contribution in [-0.4, -0.2) is 36.2 Å². The van der Waals surface area contributed by atoms with Crippen LogP contribution in [-0.2, 0) is 15.9 Å². The van der Waals surface area contributed by atoms with Crippen LogP contribution in [0.15, 0.2) is 18.5 Å². The molecule has 1 unspecified atom stereocenters. The first-order valence-electron chi connectivity index (χ1n) is 4.87. The number of halogens is 1. The van der Waals surface area contributed by atoms with E-state index in [4.69, 9.17) is 21.1 Å². The van der Waals surface area contributed by atoms with Crippen LogP contribution in [0.3, 0.4) is 0 Å². The first kappa shape index (κ1) is 13.4. The zero-order valence-electron chi connectivity index (χ0n) is 9.61. The molecular weight excluding hydrogens is 230 g/mol. The van der Waals surface area contributed by atoms with Crippen molar-refractivity contribution >= 4 is 11.6 Å². The van der Waals surface area contributed by atoms with E-state index in [0.717, 1.165) is 5.56 Å². The number of aliphatic hydroxyl groups is 1. The van der Waals surface area contributed by atoms with Gasteiger partial charge in [-0.2, -0.15) is 0 Å². The Labute approximate surface area is 100 Å². The van der Waals surface area contributed by atoms with Gasteiger partial charge in [-0.3, -0.25) is 4.98 Å². The molecule has 0 spiro atoms. The zero-order chi connectivity index (χ0) is 12.2. The van der Waals surface area contributed by atoms with Crippen molar-refractivity contribution in [2.45, 2.75) is 25.2 Å². The average molecular weight is 246 g/mol. The van der Waals surface area contributed by atoms with E-state index in [1.54, 1.807) is 25.4 Å². The lowest BCUT2D eigenvalue weighted by atomic mass is 9.96. The van der Waals surface area contributed by atoms with Crippen molar-refractivity contribution in [3.63, 3.8) is 0 Å². The monoisotopic (exact) mass is 245 g/mol. The van der Waals surface area contributed by atoms with Gasteiger partial charge in [0.2, 0.25) is 0 Å². The van der Waals surface area contributed by atoms with Gasteiger partial charge in [-0.1, -0.05) is 11.6 Å². The fourth-order valence-corrected chi connectivity index (χ4v) is 1.81. The largest absolute Gasteiger partial charge is 0.385 e. The van der Waals surface area contributed by atoms with Crippen LogP contribution in [0.2, 0.25) is 5.02 Å². The molecule has 0 bridgehead atoms. The minimum Gasteiger partial charge on any atom is -0.385 e. The third-order valence-electron chi connectivity index (χ3n) is 2.34. The number of hydrogen-bond acceptors (Lipinski definition) is 4. The molecule has 1 aromatic rings. The molecule has 16 heavy (non-hydrogen) atoms. The minimum atomic E-state index is -1.14. The maximum atomic E-state index is 10.2. The van der Waals surface area contributed by atoms with Crippen LogP contribution in [0.25, 0.3) is 0 Å². The number of ether oxygens (including phenoxy) is 2. The molecule has 0 saturated heterocycles. The van der Waals surface area contributed by atoms with Crippen molar-refractivity contribution < 1.29 is 14.6 Å². The molecule has 5 heteroatoms. The number of nitrogens with zero attached hydrogens (tertiary/aromatic N) is 1. The Balaban J connectivity index is 2.83. The highest BCUT2D eigenvalue weighted by Gasteiger charge is 2.33. The Morgan fingerprint density at radius 3 is 2.62 bits per heavy atom. The van der Waals surface area contributed by atoms with E-state index in [1.807, 2.05) is 0 Å². The van der Waals surface area contributed by atoms with E-state index in [9.17, 15) is 5.11 Å². The number of methoxy groups -OCH3 is 2. The molecule has 0 aromatic carbocycles. The van der Waals surface area contributed by atoms with Crippen molar-refractivity contribution in [3.8, 4) is 0 Å². The van der Waals surface area contributed by atoms with Crippen LogP contribution >= 0.6 is 11.6 Å². The first-order chi connectivity index (χ1) is 7.51. The molecule has 0 fully saturated rings. The second-order valence-electron chi connectivity index (χ2n) is 3.80. The van der Waals surface area contributed by atoms with Crippen LogP contribution in [0, 0.1) is 0 Å². The quantitative estimate of drug-likeness (QED) is 0.802. The van der Waals surface area contributed by atoms with Crippen molar-refractivity contribution in [2.75, 3.05) is 14.2 Å². The molecule has 4 nitrogen and oxygen atoms in total. The summed E-state index contributed by atoms with van der Waals surface area (Å²) in [5.74, 6) is 0. The highest BCUT2D eigenvalue weighted by molar-refractivity contribution is 6.31. The summed E-state index contributed by atoms with van der Waals surface area (Å²) in [5.41, 5.74) is -0.338. The Hall–Kier alpha value is -0.680. The van der Waals surface area contributed by atoms with E-state index in [2.05, 4.69) is 4.98 Å².